The van der Waals surface area contributed by atoms with E-state index in [9.17, 15) is 23.3 Å². The minimum absolute atomic E-state index is 0.0106. The minimum Gasteiger partial charge on any atom is -0.497 e. The van der Waals surface area contributed by atoms with Gasteiger partial charge in [-0.2, -0.15) is 0 Å². The summed E-state index contributed by atoms with van der Waals surface area (Å²) in [6, 6.07) is 17.4. The van der Waals surface area contributed by atoms with Crippen LogP contribution in [0.4, 0.5) is 11.4 Å². The van der Waals surface area contributed by atoms with Crippen molar-refractivity contribution in [3.63, 3.8) is 0 Å². The smallest absolute Gasteiger partial charge is 0.273 e. The molecule has 0 saturated heterocycles. The fraction of sp³-hybridized carbons (Fsp3) is 0.321. The molecule has 0 aromatic heterocycles. The highest BCUT2D eigenvalue weighted by molar-refractivity contribution is 7.92. The van der Waals surface area contributed by atoms with E-state index in [1.54, 1.807) is 12.1 Å². The third-order valence-electron chi connectivity index (χ3n) is 6.27. The maximum atomic E-state index is 13.7. The van der Waals surface area contributed by atoms with Crippen LogP contribution in [0.15, 0.2) is 71.6 Å². The van der Waals surface area contributed by atoms with Gasteiger partial charge in [0.25, 0.3) is 15.7 Å². The number of anilines is 1. The van der Waals surface area contributed by atoms with Crippen molar-refractivity contribution >= 4 is 27.3 Å². The number of nitrogens with zero attached hydrogens (tertiary/aromatic N) is 2. The van der Waals surface area contributed by atoms with Crippen LogP contribution in [-0.2, 0) is 20.2 Å². The molecule has 0 aliphatic rings. The number of methoxy groups -OCH3 is 1. The molecule has 3 rings (SSSR count). The van der Waals surface area contributed by atoms with E-state index >= 15 is 0 Å². The van der Waals surface area contributed by atoms with Crippen LogP contribution in [0.1, 0.15) is 50.4 Å². The first-order chi connectivity index (χ1) is 17.7. The first-order valence-electron chi connectivity index (χ1n) is 12.1. The molecule has 1 amide bonds. The Hall–Kier alpha value is -3.92. The van der Waals surface area contributed by atoms with Crippen molar-refractivity contribution in [3.8, 4) is 5.75 Å². The fourth-order valence-corrected chi connectivity index (χ4v) is 5.35. The largest absolute Gasteiger partial charge is 0.497 e. The van der Waals surface area contributed by atoms with Gasteiger partial charge in [0.2, 0.25) is 5.91 Å². The number of hydrogen-bond acceptors (Lipinski definition) is 6. The highest BCUT2D eigenvalue weighted by atomic mass is 32.2. The normalized spacial score (nSPS) is 12.5. The molecule has 0 saturated carbocycles. The molecular weight excluding hydrogens is 506 g/mol. The fourth-order valence-electron chi connectivity index (χ4n) is 3.91. The van der Waals surface area contributed by atoms with Crippen LogP contribution in [0.2, 0.25) is 0 Å². The molecule has 1 atom stereocenters. The Morgan fingerprint density at radius 2 is 1.66 bits per heavy atom. The number of hydrogen-bond donors (Lipinski definition) is 1. The molecule has 0 bridgehead atoms. The second-order valence-electron chi connectivity index (χ2n) is 10.1. The first-order valence-corrected chi connectivity index (χ1v) is 13.5. The molecule has 0 fully saturated rings. The zero-order valence-corrected chi connectivity index (χ0v) is 23.2. The van der Waals surface area contributed by atoms with Gasteiger partial charge in [-0.1, -0.05) is 51.1 Å². The van der Waals surface area contributed by atoms with E-state index in [0.717, 1.165) is 21.5 Å². The predicted molar refractivity (Wildman–Crippen MR) is 147 cm³/mol. The van der Waals surface area contributed by atoms with Crippen molar-refractivity contribution in [1.29, 1.82) is 0 Å². The number of amides is 1. The molecule has 3 aromatic rings. The molecule has 0 radical (unpaired) electrons. The third kappa shape index (κ3) is 6.49. The minimum atomic E-state index is -4.34. The average Bonchev–Trinajstić information content (AvgIpc) is 2.86. The van der Waals surface area contributed by atoms with Gasteiger partial charge in [0.1, 0.15) is 12.3 Å². The van der Waals surface area contributed by atoms with Gasteiger partial charge >= 0.3 is 0 Å². The van der Waals surface area contributed by atoms with Crippen molar-refractivity contribution in [3.05, 3.63) is 93.5 Å². The molecule has 0 spiro atoms. The van der Waals surface area contributed by atoms with Crippen LogP contribution >= 0.6 is 0 Å². The highest BCUT2D eigenvalue weighted by Gasteiger charge is 2.30. The maximum absolute atomic E-state index is 13.7. The molecule has 10 heteroatoms. The van der Waals surface area contributed by atoms with Gasteiger partial charge in [-0.15, -0.1) is 0 Å². The highest BCUT2D eigenvalue weighted by Crippen LogP contribution is 2.29. The van der Waals surface area contributed by atoms with E-state index in [1.807, 2.05) is 31.2 Å². The standard InChI is InChI=1S/C28H33N3O6S/c1-19-7-16-25(17-26(19)31(33)34)38(35,36)30(23-12-14-24(37-6)15-13-23)18-27(32)29-20(2)21-8-10-22(11-9-21)28(3,4)5/h7-17,20H,18H2,1-6H3,(H,29,32)/t20-/m0/s1. The second kappa shape index (κ2) is 11.2. The summed E-state index contributed by atoms with van der Waals surface area (Å²) in [6.45, 7) is 9.16. The lowest BCUT2D eigenvalue weighted by molar-refractivity contribution is -0.385. The van der Waals surface area contributed by atoms with Crippen molar-refractivity contribution in [2.45, 2.75) is 51.0 Å². The quantitative estimate of drug-likeness (QED) is 0.292. The van der Waals surface area contributed by atoms with E-state index in [0.29, 0.717) is 11.3 Å². The van der Waals surface area contributed by atoms with Gasteiger partial charge < -0.3 is 10.1 Å². The zero-order chi connectivity index (χ0) is 28.3. The Labute approximate surface area is 223 Å². The molecule has 9 nitrogen and oxygen atoms in total. The Morgan fingerprint density at radius 1 is 1.05 bits per heavy atom. The summed E-state index contributed by atoms with van der Waals surface area (Å²) in [5, 5.41) is 14.3. The Kier molecular flexibility index (Phi) is 8.46. The summed E-state index contributed by atoms with van der Waals surface area (Å²) in [5.41, 5.74) is 2.24. The number of ether oxygens (including phenoxy) is 1. The monoisotopic (exact) mass is 539 g/mol. The molecule has 202 valence electrons. The molecular formula is C28H33N3O6S. The van der Waals surface area contributed by atoms with E-state index in [-0.39, 0.29) is 27.7 Å². The van der Waals surface area contributed by atoms with E-state index in [2.05, 4.69) is 26.1 Å². The number of nitrogens with one attached hydrogen (secondary N) is 1. The van der Waals surface area contributed by atoms with Gasteiger partial charge in [0.15, 0.2) is 0 Å². The molecule has 1 N–H and O–H groups in total. The Bertz CT molecular complexity index is 1410. The Morgan fingerprint density at radius 3 is 2.18 bits per heavy atom. The summed E-state index contributed by atoms with van der Waals surface area (Å²) < 4.78 is 33.5. The summed E-state index contributed by atoms with van der Waals surface area (Å²) in [6.07, 6.45) is 0. The molecule has 3 aromatic carbocycles. The topological polar surface area (TPSA) is 119 Å². The van der Waals surface area contributed by atoms with Crippen LogP contribution in [-0.4, -0.2) is 32.9 Å². The van der Waals surface area contributed by atoms with E-state index < -0.39 is 27.4 Å². The van der Waals surface area contributed by atoms with Crippen LogP contribution in [0, 0.1) is 17.0 Å². The lowest BCUT2D eigenvalue weighted by atomic mass is 9.86. The predicted octanol–water partition coefficient (Wildman–Crippen LogP) is 5.28. The van der Waals surface area contributed by atoms with Gasteiger partial charge in [-0.3, -0.25) is 19.2 Å². The summed E-state index contributed by atoms with van der Waals surface area (Å²) in [4.78, 5) is 23.6. The Balaban J connectivity index is 1.92. The number of carbonyl (C=O) groups excluding carboxylic acids is 1. The lowest BCUT2D eigenvalue weighted by Gasteiger charge is -2.25. The number of benzene rings is 3. The maximum Gasteiger partial charge on any atom is 0.273 e. The third-order valence-corrected chi connectivity index (χ3v) is 8.04. The van der Waals surface area contributed by atoms with Crippen LogP contribution in [0.3, 0.4) is 0 Å². The van der Waals surface area contributed by atoms with E-state index in [1.165, 1.54) is 38.3 Å². The van der Waals surface area contributed by atoms with Crippen LogP contribution < -0.4 is 14.4 Å². The van der Waals surface area contributed by atoms with Gasteiger partial charge in [-0.05, 0) is 60.7 Å². The number of aryl methyl sites for hydroxylation is 1. The SMILES string of the molecule is COc1ccc(N(CC(=O)N[C@@H](C)c2ccc(C(C)(C)C)cc2)S(=O)(=O)c2ccc(C)c([N+](=O)[O-])c2)cc1. The molecule has 0 unspecified atom stereocenters. The van der Waals surface area contributed by atoms with Crippen molar-refractivity contribution in [2.24, 2.45) is 0 Å². The van der Waals surface area contributed by atoms with E-state index in [4.69, 9.17) is 4.74 Å². The number of sulfonamides is 1. The first kappa shape index (κ1) is 28.6. The lowest BCUT2D eigenvalue weighted by Crippen LogP contribution is -2.41. The van der Waals surface area contributed by atoms with Gasteiger partial charge in [0.05, 0.1) is 28.7 Å². The summed E-state index contributed by atoms with van der Waals surface area (Å²) in [7, 11) is -2.85. The van der Waals surface area contributed by atoms with Crippen molar-refractivity contribution < 1.29 is 22.9 Å². The van der Waals surface area contributed by atoms with Gasteiger partial charge in [-0.25, -0.2) is 8.42 Å². The second-order valence-corrected chi connectivity index (χ2v) is 11.9. The van der Waals surface area contributed by atoms with Crippen LogP contribution in [0.25, 0.3) is 0 Å². The number of carbonyl (C=O) groups is 1. The van der Waals surface area contributed by atoms with Crippen molar-refractivity contribution in [2.75, 3.05) is 18.0 Å². The van der Waals surface area contributed by atoms with Gasteiger partial charge in [0, 0.05) is 11.6 Å². The summed E-state index contributed by atoms with van der Waals surface area (Å²) >= 11 is 0. The van der Waals surface area contributed by atoms with Crippen LogP contribution in [0.5, 0.6) is 5.75 Å². The molecule has 38 heavy (non-hydrogen) atoms. The molecule has 0 heterocycles. The molecule has 0 aliphatic carbocycles. The summed E-state index contributed by atoms with van der Waals surface area (Å²) in [5.74, 6) is -0.0211. The molecule has 0 aliphatic heterocycles. The number of rotatable bonds is 9. The number of nitro benzene ring substituents is 1. The zero-order valence-electron chi connectivity index (χ0n) is 22.4. The number of nitro groups is 1. The van der Waals surface area contributed by atoms with Crippen molar-refractivity contribution in [1.82, 2.24) is 5.32 Å². The average molecular weight is 540 g/mol.